The van der Waals surface area contributed by atoms with Crippen LogP contribution in [0.2, 0.25) is 0 Å². The highest BCUT2D eigenvalue weighted by molar-refractivity contribution is 7.17. The molecule has 2 aromatic carbocycles. The van der Waals surface area contributed by atoms with Gasteiger partial charge in [0.05, 0.1) is 6.10 Å². The molecular formula is C18H17FN2O2S. The number of rotatable bonds is 5. The molecule has 0 aliphatic heterocycles. The summed E-state index contributed by atoms with van der Waals surface area (Å²) in [6.07, 6.45) is -0.877. The lowest BCUT2D eigenvalue weighted by atomic mass is 10.1. The summed E-state index contributed by atoms with van der Waals surface area (Å²) in [5.74, 6) is -0.361. The van der Waals surface area contributed by atoms with Crippen LogP contribution in [0.3, 0.4) is 0 Å². The monoisotopic (exact) mass is 344 g/mol. The SMILES string of the molecule is O=C(NCc1csc2ccccc12)NC[C@H](O)c1ccc(F)cc1. The van der Waals surface area contributed by atoms with Gasteiger partial charge in [-0.05, 0) is 40.1 Å². The first-order chi connectivity index (χ1) is 11.6. The van der Waals surface area contributed by atoms with Crippen molar-refractivity contribution in [2.75, 3.05) is 6.54 Å². The van der Waals surface area contributed by atoms with Crippen LogP contribution in [0.25, 0.3) is 10.1 Å². The summed E-state index contributed by atoms with van der Waals surface area (Å²) in [6.45, 7) is 0.477. The number of aliphatic hydroxyl groups excluding tert-OH is 1. The van der Waals surface area contributed by atoms with E-state index in [9.17, 15) is 14.3 Å². The number of urea groups is 1. The van der Waals surface area contributed by atoms with Crippen LogP contribution < -0.4 is 10.6 Å². The van der Waals surface area contributed by atoms with Crippen LogP contribution in [0.15, 0.2) is 53.9 Å². The van der Waals surface area contributed by atoms with E-state index in [1.54, 1.807) is 11.3 Å². The van der Waals surface area contributed by atoms with Crippen LogP contribution >= 0.6 is 11.3 Å². The van der Waals surface area contributed by atoms with Crippen LogP contribution in [0.5, 0.6) is 0 Å². The third-order valence-electron chi connectivity index (χ3n) is 3.71. The predicted molar refractivity (Wildman–Crippen MR) is 93.4 cm³/mol. The molecule has 0 radical (unpaired) electrons. The molecule has 4 nitrogen and oxygen atoms in total. The van der Waals surface area contributed by atoms with Crippen molar-refractivity contribution >= 4 is 27.5 Å². The lowest BCUT2D eigenvalue weighted by Crippen LogP contribution is -2.37. The molecule has 2 amide bonds. The number of hydrogen-bond acceptors (Lipinski definition) is 3. The second-order valence-corrected chi connectivity index (χ2v) is 6.30. The van der Waals surface area contributed by atoms with E-state index in [2.05, 4.69) is 10.6 Å². The van der Waals surface area contributed by atoms with Gasteiger partial charge in [0.25, 0.3) is 0 Å². The van der Waals surface area contributed by atoms with Gasteiger partial charge < -0.3 is 15.7 Å². The molecule has 1 aromatic heterocycles. The second-order valence-electron chi connectivity index (χ2n) is 5.39. The molecular weight excluding hydrogens is 327 g/mol. The number of thiophene rings is 1. The van der Waals surface area contributed by atoms with Crippen molar-refractivity contribution in [2.45, 2.75) is 12.6 Å². The van der Waals surface area contributed by atoms with E-state index >= 15 is 0 Å². The van der Waals surface area contributed by atoms with Gasteiger partial charge in [0, 0.05) is 17.8 Å². The topological polar surface area (TPSA) is 61.4 Å². The van der Waals surface area contributed by atoms with Gasteiger partial charge in [0.1, 0.15) is 5.82 Å². The summed E-state index contributed by atoms with van der Waals surface area (Å²) in [4.78, 5) is 11.9. The Balaban J connectivity index is 1.50. The lowest BCUT2D eigenvalue weighted by molar-refractivity contribution is 0.173. The number of fused-ring (bicyclic) bond motifs is 1. The molecule has 6 heteroatoms. The van der Waals surface area contributed by atoms with Crippen molar-refractivity contribution in [3.05, 3.63) is 70.9 Å². The van der Waals surface area contributed by atoms with Gasteiger partial charge >= 0.3 is 6.03 Å². The smallest absolute Gasteiger partial charge is 0.315 e. The molecule has 3 rings (SSSR count). The van der Waals surface area contributed by atoms with Gasteiger partial charge in [-0.25, -0.2) is 9.18 Å². The third kappa shape index (κ3) is 3.90. The molecule has 1 atom stereocenters. The second kappa shape index (κ2) is 7.42. The minimum absolute atomic E-state index is 0.0574. The Labute approximate surface area is 142 Å². The number of benzene rings is 2. The largest absolute Gasteiger partial charge is 0.387 e. The summed E-state index contributed by atoms with van der Waals surface area (Å²) in [7, 11) is 0. The van der Waals surface area contributed by atoms with E-state index in [-0.39, 0.29) is 18.4 Å². The molecule has 0 saturated carbocycles. The maximum Gasteiger partial charge on any atom is 0.315 e. The van der Waals surface area contributed by atoms with Crippen molar-refractivity contribution in [2.24, 2.45) is 0 Å². The molecule has 3 aromatic rings. The Bertz CT molecular complexity index is 832. The predicted octanol–water partition coefficient (Wildman–Crippen LogP) is 3.57. The molecule has 0 saturated heterocycles. The van der Waals surface area contributed by atoms with Gasteiger partial charge in [-0.15, -0.1) is 11.3 Å². The van der Waals surface area contributed by atoms with Crippen molar-refractivity contribution in [1.29, 1.82) is 0 Å². The van der Waals surface area contributed by atoms with E-state index in [0.29, 0.717) is 12.1 Å². The Morgan fingerprint density at radius 2 is 1.88 bits per heavy atom. The number of nitrogens with one attached hydrogen (secondary N) is 2. The number of carbonyl (C=O) groups is 1. The van der Waals surface area contributed by atoms with Gasteiger partial charge in [-0.2, -0.15) is 0 Å². The van der Waals surface area contributed by atoms with E-state index < -0.39 is 6.10 Å². The summed E-state index contributed by atoms with van der Waals surface area (Å²) in [6, 6.07) is 13.2. The van der Waals surface area contributed by atoms with Crippen LogP contribution in [0, 0.1) is 5.82 Å². The summed E-state index contributed by atoms with van der Waals surface area (Å²) in [5, 5.41) is 18.5. The fourth-order valence-electron chi connectivity index (χ4n) is 2.40. The average molecular weight is 344 g/mol. The molecule has 0 fully saturated rings. The van der Waals surface area contributed by atoms with Crippen molar-refractivity contribution < 1.29 is 14.3 Å². The summed E-state index contributed by atoms with van der Waals surface area (Å²) < 4.78 is 14.0. The minimum Gasteiger partial charge on any atom is -0.387 e. The zero-order valence-corrected chi connectivity index (χ0v) is 13.6. The Kier molecular flexibility index (Phi) is 5.08. The number of carbonyl (C=O) groups excluding carboxylic acids is 1. The van der Waals surface area contributed by atoms with Crippen LogP contribution in [-0.2, 0) is 6.54 Å². The van der Waals surface area contributed by atoms with Crippen LogP contribution in [-0.4, -0.2) is 17.7 Å². The standard InChI is InChI=1S/C18H17FN2O2S/c19-14-7-5-12(6-8-14)16(22)10-21-18(23)20-9-13-11-24-17-4-2-1-3-15(13)17/h1-8,11,16,22H,9-10H2,(H2,20,21,23)/t16-/m0/s1. The van der Waals surface area contributed by atoms with Crippen molar-refractivity contribution in [3.63, 3.8) is 0 Å². The molecule has 0 bridgehead atoms. The van der Waals surface area contributed by atoms with Gasteiger partial charge in [0.15, 0.2) is 0 Å². The molecule has 0 aliphatic carbocycles. The zero-order valence-electron chi connectivity index (χ0n) is 12.8. The first-order valence-corrected chi connectivity index (χ1v) is 8.42. The van der Waals surface area contributed by atoms with Crippen LogP contribution in [0.1, 0.15) is 17.2 Å². The maximum absolute atomic E-state index is 12.8. The number of amides is 2. The molecule has 3 N–H and O–H groups in total. The number of halogens is 1. The summed E-state index contributed by atoms with van der Waals surface area (Å²) >= 11 is 1.64. The van der Waals surface area contributed by atoms with Crippen molar-refractivity contribution in [3.8, 4) is 0 Å². The number of hydrogen-bond donors (Lipinski definition) is 3. The highest BCUT2D eigenvalue weighted by Crippen LogP contribution is 2.25. The minimum atomic E-state index is -0.877. The first-order valence-electron chi connectivity index (χ1n) is 7.54. The molecule has 1 heterocycles. The van der Waals surface area contributed by atoms with Gasteiger partial charge in [-0.3, -0.25) is 0 Å². The highest BCUT2D eigenvalue weighted by atomic mass is 32.1. The Morgan fingerprint density at radius 3 is 2.67 bits per heavy atom. The van der Waals surface area contributed by atoms with Gasteiger partial charge in [-0.1, -0.05) is 30.3 Å². The average Bonchev–Trinajstić information content (AvgIpc) is 3.01. The van der Waals surface area contributed by atoms with Gasteiger partial charge in [0.2, 0.25) is 0 Å². The first kappa shape index (κ1) is 16.4. The molecule has 0 spiro atoms. The maximum atomic E-state index is 12.8. The fraction of sp³-hybridized carbons (Fsp3) is 0.167. The van der Waals surface area contributed by atoms with E-state index in [1.807, 2.05) is 29.6 Å². The quantitative estimate of drug-likeness (QED) is 0.663. The molecule has 24 heavy (non-hydrogen) atoms. The van der Waals surface area contributed by atoms with E-state index in [0.717, 1.165) is 10.9 Å². The number of aliphatic hydroxyl groups is 1. The summed E-state index contributed by atoms with van der Waals surface area (Å²) in [5.41, 5.74) is 1.62. The molecule has 124 valence electrons. The van der Waals surface area contributed by atoms with Crippen molar-refractivity contribution in [1.82, 2.24) is 10.6 Å². The highest BCUT2D eigenvalue weighted by Gasteiger charge is 2.10. The Morgan fingerprint density at radius 1 is 1.12 bits per heavy atom. The third-order valence-corrected chi connectivity index (χ3v) is 4.72. The zero-order chi connectivity index (χ0) is 16.9. The molecule has 0 unspecified atom stereocenters. The Hall–Kier alpha value is -2.44. The molecule has 0 aliphatic rings. The lowest BCUT2D eigenvalue weighted by Gasteiger charge is -2.13. The fourth-order valence-corrected chi connectivity index (χ4v) is 3.36. The van der Waals surface area contributed by atoms with E-state index in [1.165, 1.54) is 29.0 Å². The van der Waals surface area contributed by atoms with E-state index in [4.69, 9.17) is 0 Å². The van der Waals surface area contributed by atoms with Crippen LogP contribution in [0.4, 0.5) is 9.18 Å². The normalized spacial score (nSPS) is 12.1.